The Morgan fingerprint density at radius 3 is 2.00 bits per heavy atom. The van der Waals surface area contributed by atoms with Crippen LogP contribution in [0, 0.1) is 6.92 Å². The van der Waals surface area contributed by atoms with Crippen LogP contribution in [0.25, 0.3) is 0 Å². The number of carbonyl (C=O) groups is 2. The maximum absolute atomic E-state index is 12.8. The summed E-state index contributed by atoms with van der Waals surface area (Å²) in [6.45, 7) is 2.22. The van der Waals surface area contributed by atoms with Gasteiger partial charge in [0.2, 0.25) is 10.0 Å². The van der Waals surface area contributed by atoms with Crippen molar-refractivity contribution in [1.29, 1.82) is 0 Å². The Morgan fingerprint density at radius 1 is 0.906 bits per heavy atom. The first-order valence-corrected chi connectivity index (χ1v) is 11.4. The van der Waals surface area contributed by atoms with Gasteiger partial charge >= 0.3 is 5.97 Å². The minimum absolute atomic E-state index is 0.170. The lowest BCUT2D eigenvalue weighted by molar-refractivity contribution is -0.135. The highest BCUT2D eigenvalue weighted by atomic mass is 32.2. The maximum atomic E-state index is 12.8. The van der Waals surface area contributed by atoms with Crippen molar-refractivity contribution in [3.05, 3.63) is 53.6 Å². The number of benzene rings is 2. The third-order valence-electron chi connectivity index (χ3n) is 5.16. The topological polar surface area (TPSA) is 102 Å². The van der Waals surface area contributed by atoms with E-state index in [1.807, 2.05) is 6.92 Å². The molecule has 172 valence electrons. The first kappa shape index (κ1) is 23.6. The van der Waals surface area contributed by atoms with Crippen LogP contribution in [-0.4, -0.2) is 76.5 Å². The molecule has 2 aromatic rings. The molecule has 0 atom stereocenters. The van der Waals surface area contributed by atoms with Gasteiger partial charge in [0.05, 0.1) is 24.7 Å². The Morgan fingerprint density at radius 2 is 1.47 bits per heavy atom. The van der Waals surface area contributed by atoms with Crippen LogP contribution in [-0.2, 0) is 19.6 Å². The number of rotatable bonds is 7. The number of piperazine rings is 1. The second-order valence-electron chi connectivity index (χ2n) is 7.28. The van der Waals surface area contributed by atoms with Gasteiger partial charge in [0.15, 0.2) is 6.61 Å². The molecule has 1 aliphatic rings. The Labute approximate surface area is 187 Å². The van der Waals surface area contributed by atoms with Gasteiger partial charge in [0.1, 0.15) is 11.5 Å². The lowest BCUT2D eigenvalue weighted by Gasteiger charge is -2.33. The molecular formula is C22H26N2O7S. The highest BCUT2D eigenvalue weighted by Gasteiger charge is 2.30. The molecule has 0 spiro atoms. The standard InChI is InChI=1S/C22H26N2O7S/c1-16-4-6-20(7-5-16)32(27,28)24-10-8-23(9-11-24)21(25)15-31-22(26)17-12-18(29-2)14-19(13-17)30-3/h4-7,12-14H,8-11,15H2,1-3H3. The highest BCUT2D eigenvalue weighted by Crippen LogP contribution is 2.23. The van der Waals surface area contributed by atoms with Gasteiger partial charge < -0.3 is 19.1 Å². The largest absolute Gasteiger partial charge is 0.497 e. The zero-order valence-electron chi connectivity index (χ0n) is 18.2. The minimum atomic E-state index is -3.62. The lowest BCUT2D eigenvalue weighted by atomic mass is 10.2. The van der Waals surface area contributed by atoms with Crippen LogP contribution in [0.2, 0.25) is 0 Å². The smallest absolute Gasteiger partial charge is 0.338 e. The maximum Gasteiger partial charge on any atom is 0.338 e. The molecule has 1 aliphatic heterocycles. The Balaban J connectivity index is 1.55. The number of aryl methyl sites for hydroxylation is 1. The van der Waals surface area contributed by atoms with Crippen LogP contribution >= 0.6 is 0 Å². The molecule has 1 fully saturated rings. The first-order chi connectivity index (χ1) is 15.2. The second kappa shape index (κ2) is 10.0. The zero-order valence-corrected chi connectivity index (χ0v) is 19.1. The Hall–Kier alpha value is -3.11. The fourth-order valence-electron chi connectivity index (χ4n) is 3.26. The van der Waals surface area contributed by atoms with Crippen LogP contribution in [0.3, 0.4) is 0 Å². The van der Waals surface area contributed by atoms with E-state index in [1.165, 1.54) is 35.6 Å². The fourth-order valence-corrected chi connectivity index (χ4v) is 4.69. The number of sulfonamides is 1. The summed E-state index contributed by atoms with van der Waals surface area (Å²) < 4.78 is 42.3. The normalized spacial score (nSPS) is 14.7. The summed E-state index contributed by atoms with van der Waals surface area (Å²) in [6, 6.07) is 11.3. The van der Waals surface area contributed by atoms with Crippen molar-refractivity contribution in [1.82, 2.24) is 9.21 Å². The molecule has 0 N–H and O–H groups in total. The number of ether oxygens (including phenoxy) is 3. The predicted octanol–water partition coefficient (Wildman–Crippen LogP) is 1.70. The van der Waals surface area contributed by atoms with Crippen molar-refractivity contribution < 1.29 is 32.2 Å². The summed E-state index contributed by atoms with van der Waals surface area (Å²) in [5.41, 5.74) is 1.17. The summed E-state index contributed by atoms with van der Waals surface area (Å²) in [5, 5.41) is 0. The highest BCUT2D eigenvalue weighted by molar-refractivity contribution is 7.89. The van der Waals surface area contributed by atoms with Crippen molar-refractivity contribution in [2.45, 2.75) is 11.8 Å². The molecule has 10 heteroatoms. The summed E-state index contributed by atoms with van der Waals surface area (Å²) in [4.78, 5) is 26.5. The van der Waals surface area contributed by atoms with Crippen LogP contribution < -0.4 is 9.47 Å². The van der Waals surface area contributed by atoms with E-state index in [9.17, 15) is 18.0 Å². The van der Waals surface area contributed by atoms with Crippen LogP contribution in [0.15, 0.2) is 47.4 Å². The molecule has 2 aromatic carbocycles. The number of carbonyl (C=O) groups excluding carboxylic acids is 2. The van der Waals surface area contributed by atoms with Gasteiger partial charge in [-0.05, 0) is 31.2 Å². The number of esters is 1. The van der Waals surface area contributed by atoms with Crippen molar-refractivity contribution in [2.24, 2.45) is 0 Å². The summed E-state index contributed by atoms with van der Waals surface area (Å²) in [7, 11) is -0.688. The quantitative estimate of drug-likeness (QED) is 0.577. The van der Waals surface area contributed by atoms with E-state index >= 15 is 0 Å². The van der Waals surface area contributed by atoms with E-state index in [2.05, 4.69) is 0 Å². The predicted molar refractivity (Wildman–Crippen MR) is 116 cm³/mol. The van der Waals surface area contributed by atoms with Gasteiger partial charge in [-0.1, -0.05) is 17.7 Å². The first-order valence-electron chi connectivity index (χ1n) is 9.99. The number of methoxy groups -OCH3 is 2. The van der Waals surface area contributed by atoms with E-state index in [1.54, 1.807) is 30.3 Å². The third kappa shape index (κ3) is 5.38. The summed E-state index contributed by atoms with van der Waals surface area (Å²) in [5.74, 6) is -0.223. The van der Waals surface area contributed by atoms with Gasteiger partial charge in [-0.25, -0.2) is 13.2 Å². The molecule has 0 saturated carbocycles. The minimum Gasteiger partial charge on any atom is -0.497 e. The number of hydrogen-bond donors (Lipinski definition) is 0. The van der Waals surface area contributed by atoms with Gasteiger partial charge in [-0.2, -0.15) is 4.31 Å². The van der Waals surface area contributed by atoms with Crippen LogP contribution in [0.5, 0.6) is 11.5 Å². The van der Waals surface area contributed by atoms with Crippen molar-refractivity contribution in [2.75, 3.05) is 47.0 Å². The van der Waals surface area contributed by atoms with Crippen molar-refractivity contribution in [3.63, 3.8) is 0 Å². The van der Waals surface area contributed by atoms with E-state index in [0.29, 0.717) is 11.5 Å². The van der Waals surface area contributed by atoms with Crippen molar-refractivity contribution in [3.8, 4) is 11.5 Å². The average Bonchev–Trinajstić information content (AvgIpc) is 2.82. The lowest BCUT2D eigenvalue weighted by Crippen LogP contribution is -2.51. The number of nitrogens with zero attached hydrogens (tertiary/aromatic N) is 2. The SMILES string of the molecule is COc1cc(OC)cc(C(=O)OCC(=O)N2CCN(S(=O)(=O)c3ccc(C)cc3)CC2)c1. The van der Waals surface area contributed by atoms with Crippen LogP contribution in [0.4, 0.5) is 0 Å². The molecule has 3 rings (SSSR count). The zero-order chi connectivity index (χ0) is 23.3. The molecule has 0 bridgehead atoms. The molecule has 1 amide bonds. The Kier molecular flexibility index (Phi) is 7.37. The monoisotopic (exact) mass is 462 g/mol. The molecule has 0 unspecified atom stereocenters. The number of amides is 1. The molecule has 1 saturated heterocycles. The van der Waals surface area contributed by atoms with Gasteiger partial charge in [-0.15, -0.1) is 0 Å². The van der Waals surface area contributed by atoms with Crippen molar-refractivity contribution >= 4 is 21.9 Å². The summed E-state index contributed by atoms with van der Waals surface area (Å²) >= 11 is 0. The van der Waals surface area contributed by atoms with E-state index in [0.717, 1.165) is 5.56 Å². The molecule has 0 aromatic heterocycles. The fraction of sp³-hybridized carbons (Fsp3) is 0.364. The molecule has 1 heterocycles. The molecule has 0 radical (unpaired) electrons. The van der Waals surface area contributed by atoms with Crippen LogP contribution in [0.1, 0.15) is 15.9 Å². The van der Waals surface area contributed by atoms with Gasteiger partial charge in [0.25, 0.3) is 5.91 Å². The second-order valence-corrected chi connectivity index (χ2v) is 9.21. The van der Waals surface area contributed by atoms with E-state index < -0.39 is 22.6 Å². The molecule has 9 nitrogen and oxygen atoms in total. The Bertz CT molecular complexity index is 1050. The molecular weight excluding hydrogens is 436 g/mol. The summed E-state index contributed by atoms with van der Waals surface area (Å²) in [6.07, 6.45) is 0. The number of hydrogen-bond acceptors (Lipinski definition) is 7. The van der Waals surface area contributed by atoms with Gasteiger partial charge in [-0.3, -0.25) is 4.79 Å². The molecule has 32 heavy (non-hydrogen) atoms. The van der Waals surface area contributed by atoms with E-state index in [4.69, 9.17) is 14.2 Å². The van der Waals surface area contributed by atoms with E-state index in [-0.39, 0.29) is 42.5 Å². The average molecular weight is 463 g/mol. The van der Waals surface area contributed by atoms with Gasteiger partial charge in [0, 0.05) is 32.2 Å². The molecule has 0 aliphatic carbocycles. The third-order valence-corrected chi connectivity index (χ3v) is 7.08.